The molecule has 2 aromatic carbocycles. The van der Waals surface area contributed by atoms with E-state index in [4.69, 9.17) is 0 Å². The molecule has 0 spiro atoms. The van der Waals surface area contributed by atoms with Gasteiger partial charge in [0.05, 0.1) is 0 Å². The minimum Gasteiger partial charge on any atom is -0.385 e. The third-order valence-corrected chi connectivity index (χ3v) is 2.10. The van der Waals surface area contributed by atoms with Crippen LogP contribution in [0.25, 0.3) is 0 Å². The smallest absolute Gasteiger partial charge is 0.0340 e. The van der Waals surface area contributed by atoms with E-state index in [0.717, 1.165) is 6.54 Å². The van der Waals surface area contributed by atoms with Gasteiger partial charge in [-0.1, -0.05) is 54.1 Å². The van der Waals surface area contributed by atoms with E-state index in [1.165, 1.54) is 11.3 Å². The monoisotopic (exact) mass is 213 g/mol. The van der Waals surface area contributed by atoms with Crippen molar-refractivity contribution in [3.63, 3.8) is 0 Å². The van der Waals surface area contributed by atoms with Gasteiger partial charge in [-0.3, -0.25) is 0 Å². The molecular weight excluding hydrogens is 194 g/mol. The Morgan fingerprint density at radius 2 is 1.31 bits per heavy atom. The number of aryl methyl sites for hydroxylation is 1. The first-order chi connectivity index (χ1) is 7.83. The normalized spacial score (nSPS) is 8.88. The standard InChI is InChI=1S/C8H11N.C7H8/c1-2-9-8-6-4-3-5-7-8;1-7-5-3-2-4-6-7/h3-7,9H,2H2,1H3;2-6H,1H3. The molecule has 0 aromatic heterocycles. The Balaban J connectivity index is 0.000000165. The Labute approximate surface area is 98.1 Å². The molecule has 0 aliphatic heterocycles. The van der Waals surface area contributed by atoms with Gasteiger partial charge in [-0.25, -0.2) is 0 Å². The Bertz CT molecular complexity index is 367. The summed E-state index contributed by atoms with van der Waals surface area (Å²) in [4.78, 5) is 0. The van der Waals surface area contributed by atoms with Crippen LogP contribution in [0.3, 0.4) is 0 Å². The van der Waals surface area contributed by atoms with Crippen LogP contribution >= 0.6 is 0 Å². The van der Waals surface area contributed by atoms with Crippen LogP contribution in [0, 0.1) is 6.92 Å². The van der Waals surface area contributed by atoms with Gasteiger partial charge >= 0.3 is 0 Å². The quantitative estimate of drug-likeness (QED) is 0.791. The average molecular weight is 213 g/mol. The van der Waals surface area contributed by atoms with E-state index in [1.807, 2.05) is 36.4 Å². The maximum atomic E-state index is 3.21. The fourth-order valence-corrected chi connectivity index (χ4v) is 1.29. The van der Waals surface area contributed by atoms with E-state index in [1.54, 1.807) is 0 Å². The van der Waals surface area contributed by atoms with Gasteiger partial charge in [-0.2, -0.15) is 0 Å². The van der Waals surface area contributed by atoms with E-state index in [2.05, 4.69) is 43.4 Å². The number of nitrogens with one attached hydrogen (secondary N) is 1. The summed E-state index contributed by atoms with van der Waals surface area (Å²) in [5.41, 5.74) is 2.52. The average Bonchev–Trinajstić information content (AvgIpc) is 2.33. The van der Waals surface area contributed by atoms with Crippen LogP contribution in [-0.2, 0) is 0 Å². The van der Waals surface area contributed by atoms with Crippen LogP contribution in [0.15, 0.2) is 60.7 Å². The highest BCUT2D eigenvalue weighted by atomic mass is 14.8. The molecular formula is C15H19N. The van der Waals surface area contributed by atoms with Crippen molar-refractivity contribution in [1.82, 2.24) is 0 Å². The molecule has 2 aromatic rings. The number of benzene rings is 2. The summed E-state index contributed by atoms with van der Waals surface area (Å²) in [6, 6.07) is 20.4. The van der Waals surface area contributed by atoms with Crippen molar-refractivity contribution in [3.05, 3.63) is 66.2 Å². The lowest BCUT2D eigenvalue weighted by molar-refractivity contribution is 1.21. The van der Waals surface area contributed by atoms with Crippen LogP contribution in [0.1, 0.15) is 12.5 Å². The van der Waals surface area contributed by atoms with E-state index >= 15 is 0 Å². The van der Waals surface area contributed by atoms with Crippen LogP contribution in [0.2, 0.25) is 0 Å². The fourth-order valence-electron chi connectivity index (χ4n) is 1.29. The number of para-hydroxylation sites is 1. The highest BCUT2D eigenvalue weighted by Gasteiger charge is 1.81. The summed E-state index contributed by atoms with van der Waals surface area (Å²) in [5.74, 6) is 0. The van der Waals surface area contributed by atoms with Crippen molar-refractivity contribution in [2.24, 2.45) is 0 Å². The zero-order valence-corrected chi connectivity index (χ0v) is 9.98. The Morgan fingerprint density at radius 1 is 0.812 bits per heavy atom. The predicted octanol–water partition coefficient (Wildman–Crippen LogP) is 4.11. The molecule has 2 rings (SSSR count). The zero-order valence-electron chi connectivity index (χ0n) is 9.98. The Hall–Kier alpha value is -1.76. The van der Waals surface area contributed by atoms with Gasteiger partial charge in [-0.05, 0) is 26.0 Å². The van der Waals surface area contributed by atoms with Gasteiger partial charge in [0.1, 0.15) is 0 Å². The molecule has 16 heavy (non-hydrogen) atoms. The maximum Gasteiger partial charge on any atom is 0.0340 e. The number of anilines is 1. The number of hydrogen-bond acceptors (Lipinski definition) is 1. The molecule has 0 unspecified atom stereocenters. The summed E-state index contributed by atoms with van der Waals surface area (Å²) in [6.45, 7) is 5.16. The van der Waals surface area contributed by atoms with Crippen molar-refractivity contribution in [3.8, 4) is 0 Å². The summed E-state index contributed by atoms with van der Waals surface area (Å²) in [5, 5.41) is 3.21. The van der Waals surface area contributed by atoms with Crippen molar-refractivity contribution >= 4 is 5.69 Å². The molecule has 0 radical (unpaired) electrons. The lowest BCUT2D eigenvalue weighted by Gasteiger charge is -1.99. The Morgan fingerprint density at radius 3 is 1.69 bits per heavy atom. The van der Waals surface area contributed by atoms with Crippen molar-refractivity contribution in [2.45, 2.75) is 13.8 Å². The second-order valence-corrected chi connectivity index (χ2v) is 3.55. The molecule has 0 aliphatic carbocycles. The lowest BCUT2D eigenvalue weighted by atomic mass is 10.2. The molecule has 0 bridgehead atoms. The highest BCUT2D eigenvalue weighted by Crippen LogP contribution is 2.02. The van der Waals surface area contributed by atoms with E-state index < -0.39 is 0 Å². The molecule has 0 saturated heterocycles. The SMILES string of the molecule is CCNc1ccccc1.Cc1ccccc1. The van der Waals surface area contributed by atoms with Crippen LogP contribution in [0.5, 0.6) is 0 Å². The van der Waals surface area contributed by atoms with Gasteiger partial charge in [0.25, 0.3) is 0 Å². The first-order valence-corrected chi connectivity index (χ1v) is 5.63. The Kier molecular flexibility index (Phi) is 5.79. The van der Waals surface area contributed by atoms with E-state index in [9.17, 15) is 0 Å². The minimum atomic E-state index is 0.990. The summed E-state index contributed by atoms with van der Waals surface area (Å²) in [6.07, 6.45) is 0. The number of hydrogen-bond donors (Lipinski definition) is 1. The lowest BCUT2D eigenvalue weighted by Crippen LogP contribution is -1.94. The fraction of sp³-hybridized carbons (Fsp3) is 0.200. The van der Waals surface area contributed by atoms with Gasteiger partial charge in [0.15, 0.2) is 0 Å². The molecule has 0 heterocycles. The van der Waals surface area contributed by atoms with Crippen LogP contribution < -0.4 is 5.32 Å². The summed E-state index contributed by atoms with van der Waals surface area (Å²) >= 11 is 0. The molecule has 0 saturated carbocycles. The molecule has 0 amide bonds. The topological polar surface area (TPSA) is 12.0 Å². The minimum absolute atomic E-state index is 0.990. The summed E-state index contributed by atoms with van der Waals surface area (Å²) in [7, 11) is 0. The van der Waals surface area contributed by atoms with Crippen LogP contribution in [-0.4, -0.2) is 6.54 Å². The van der Waals surface area contributed by atoms with Crippen molar-refractivity contribution in [1.29, 1.82) is 0 Å². The molecule has 1 nitrogen and oxygen atoms in total. The van der Waals surface area contributed by atoms with Gasteiger partial charge in [0, 0.05) is 12.2 Å². The second kappa shape index (κ2) is 7.52. The van der Waals surface area contributed by atoms with Crippen LogP contribution in [0.4, 0.5) is 5.69 Å². The molecule has 1 heteroatoms. The van der Waals surface area contributed by atoms with E-state index in [0.29, 0.717) is 0 Å². The first-order valence-electron chi connectivity index (χ1n) is 5.63. The third kappa shape index (κ3) is 5.20. The third-order valence-electron chi connectivity index (χ3n) is 2.10. The molecule has 0 fully saturated rings. The van der Waals surface area contributed by atoms with Gasteiger partial charge in [0.2, 0.25) is 0 Å². The number of rotatable bonds is 2. The highest BCUT2D eigenvalue weighted by molar-refractivity contribution is 5.41. The van der Waals surface area contributed by atoms with Crippen molar-refractivity contribution < 1.29 is 0 Å². The summed E-state index contributed by atoms with van der Waals surface area (Å²) < 4.78 is 0. The molecule has 84 valence electrons. The van der Waals surface area contributed by atoms with Crippen molar-refractivity contribution in [2.75, 3.05) is 11.9 Å². The zero-order chi connectivity index (χ0) is 11.6. The molecule has 0 aliphatic rings. The molecule has 1 N–H and O–H groups in total. The largest absolute Gasteiger partial charge is 0.385 e. The first kappa shape index (κ1) is 12.3. The second-order valence-electron chi connectivity index (χ2n) is 3.55. The van der Waals surface area contributed by atoms with Gasteiger partial charge in [-0.15, -0.1) is 0 Å². The van der Waals surface area contributed by atoms with E-state index in [-0.39, 0.29) is 0 Å². The predicted molar refractivity (Wildman–Crippen MR) is 71.8 cm³/mol. The molecule has 0 atom stereocenters. The maximum absolute atomic E-state index is 3.21. The van der Waals surface area contributed by atoms with Gasteiger partial charge < -0.3 is 5.32 Å².